The molecule has 1 saturated carbocycles. The number of ether oxygens (including phenoxy) is 2. The van der Waals surface area contributed by atoms with Gasteiger partial charge in [0.15, 0.2) is 0 Å². The van der Waals surface area contributed by atoms with Gasteiger partial charge >= 0.3 is 0 Å². The number of aryl methyl sites for hydroxylation is 1. The topological polar surface area (TPSA) is 88.2 Å². The molecule has 8 nitrogen and oxygen atoms in total. The Morgan fingerprint density at radius 3 is 2.65 bits per heavy atom. The van der Waals surface area contributed by atoms with Gasteiger partial charge in [0, 0.05) is 42.7 Å². The highest BCUT2D eigenvalue weighted by Crippen LogP contribution is 2.50. The number of anilines is 1. The maximum absolute atomic E-state index is 13.6. The molecule has 7 rings (SSSR count). The molecule has 1 N–H and O–H groups in total. The molecule has 2 bridgehead atoms. The number of hydrogen-bond acceptors (Lipinski definition) is 7. The molecule has 1 amide bonds. The second-order valence-corrected chi connectivity index (χ2v) is 18.0. The highest BCUT2D eigenvalue weighted by molar-refractivity contribution is 7.90. The third kappa shape index (κ3) is 6.77. The van der Waals surface area contributed by atoms with E-state index < -0.39 is 26.8 Å². The maximum atomic E-state index is 13.6. The van der Waals surface area contributed by atoms with Gasteiger partial charge in [-0.3, -0.25) is 4.79 Å². The summed E-state index contributed by atoms with van der Waals surface area (Å²) in [5.74, 6) is 0.612. The van der Waals surface area contributed by atoms with Gasteiger partial charge in [-0.2, -0.15) is 0 Å². The van der Waals surface area contributed by atoms with E-state index in [0.29, 0.717) is 30.4 Å². The molecule has 1 saturated heterocycles. The predicted molar refractivity (Wildman–Crippen MR) is 195 cm³/mol. The van der Waals surface area contributed by atoms with Crippen LogP contribution in [0.15, 0.2) is 48.6 Å². The molecule has 2 aromatic carbocycles. The van der Waals surface area contributed by atoms with Crippen molar-refractivity contribution in [2.75, 3.05) is 51.3 Å². The molecule has 3 aliphatic heterocycles. The minimum atomic E-state index is -3.93. The number of fused-ring (bicyclic) bond motifs is 4. The van der Waals surface area contributed by atoms with E-state index in [1.54, 1.807) is 13.0 Å². The number of hydrogen-bond donors (Lipinski definition) is 1. The van der Waals surface area contributed by atoms with Crippen molar-refractivity contribution in [3.63, 3.8) is 0 Å². The largest absolute Gasteiger partial charge is 0.490 e. The number of amides is 1. The van der Waals surface area contributed by atoms with Gasteiger partial charge in [0.05, 0.1) is 23.1 Å². The predicted octanol–water partition coefficient (Wildman–Crippen LogP) is 6.75. The van der Waals surface area contributed by atoms with Crippen molar-refractivity contribution in [2.24, 2.45) is 17.8 Å². The Morgan fingerprint density at radius 1 is 1.08 bits per heavy atom. The maximum Gasteiger partial charge on any atom is 0.264 e. The van der Waals surface area contributed by atoms with Gasteiger partial charge in [-0.1, -0.05) is 36.7 Å². The summed E-state index contributed by atoms with van der Waals surface area (Å²) < 4.78 is 42.7. The highest BCUT2D eigenvalue weighted by Gasteiger charge is 2.49. The van der Waals surface area contributed by atoms with Crippen LogP contribution in [0.1, 0.15) is 86.7 Å². The lowest BCUT2D eigenvalue weighted by Crippen LogP contribution is -2.53. The molecule has 0 aromatic heterocycles. The van der Waals surface area contributed by atoms with Gasteiger partial charge in [0.1, 0.15) is 5.75 Å². The molecule has 49 heavy (non-hydrogen) atoms. The van der Waals surface area contributed by atoms with Gasteiger partial charge in [0.2, 0.25) is 10.0 Å². The number of benzene rings is 2. The summed E-state index contributed by atoms with van der Waals surface area (Å²) in [5, 5.41) is -0.00412. The Bertz CT molecular complexity index is 1690. The highest BCUT2D eigenvalue weighted by atomic mass is 35.5. The van der Waals surface area contributed by atoms with Crippen molar-refractivity contribution < 1.29 is 22.7 Å². The standard InChI is InChI=1S/C39H52ClN3O5S/c1-27-8-6-17-39(47-3,18-21-42-19-4-5-20-42)34-13-10-31(34)24-43-25-38(16-7-9-29-22-32(40)12-14-33(29)38)26-48-36-15-11-30(23-35(36)43)37(44)41-49(45,46)28(27)2/h6,11-12,14-15,17,22-23,27-28,31,34H,4-5,7-10,13,16,18-21,24-26H2,1-3H3,(H,41,44)/b17-6+/t27-,28+,31-,34+,38-,39+/m0/s1. The van der Waals surface area contributed by atoms with Crippen LogP contribution in [-0.2, 0) is 26.6 Å². The summed E-state index contributed by atoms with van der Waals surface area (Å²) >= 11 is 6.48. The number of carbonyl (C=O) groups is 1. The Kier molecular flexibility index (Phi) is 9.85. The molecular formula is C39H52ClN3O5S. The van der Waals surface area contributed by atoms with E-state index in [9.17, 15) is 13.2 Å². The van der Waals surface area contributed by atoms with Crippen molar-refractivity contribution in [2.45, 2.75) is 87.9 Å². The zero-order valence-electron chi connectivity index (χ0n) is 29.3. The molecule has 6 atom stereocenters. The van der Waals surface area contributed by atoms with E-state index in [1.165, 1.54) is 24.0 Å². The van der Waals surface area contributed by atoms with E-state index in [4.69, 9.17) is 21.1 Å². The third-order valence-corrected chi connectivity index (χ3v) is 14.8. The molecule has 2 aliphatic carbocycles. The fraction of sp³-hybridized carbons (Fsp3) is 0.615. The summed E-state index contributed by atoms with van der Waals surface area (Å²) in [7, 11) is -2.07. The number of rotatable bonds is 4. The Morgan fingerprint density at radius 2 is 1.90 bits per heavy atom. The molecule has 1 spiro atoms. The Labute approximate surface area is 297 Å². The van der Waals surface area contributed by atoms with Crippen LogP contribution in [0.5, 0.6) is 5.75 Å². The monoisotopic (exact) mass is 709 g/mol. The molecule has 0 radical (unpaired) electrons. The smallest absolute Gasteiger partial charge is 0.264 e. The fourth-order valence-electron chi connectivity index (χ4n) is 9.28. The van der Waals surface area contributed by atoms with Crippen LogP contribution >= 0.6 is 11.6 Å². The van der Waals surface area contributed by atoms with Gasteiger partial charge in [-0.05, 0) is 137 Å². The Hall–Kier alpha value is -2.59. The number of nitrogens with zero attached hydrogens (tertiary/aromatic N) is 2. The normalized spacial score (nSPS) is 33.8. The molecular weight excluding hydrogens is 658 g/mol. The fourth-order valence-corrected chi connectivity index (χ4v) is 10.8. The number of methoxy groups -OCH3 is 1. The lowest BCUT2D eigenvalue weighted by molar-refractivity contribution is -0.0830. The zero-order valence-corrected chi connectivity index (χ0v) is 30.8. The van der Waals surface area contributed by atoms with Crippen molar-refractivity contribution in [1.82, 2.24) is 9.62 Å². The van der Waals surface area contributed by atoms with E-state index in [0.717, 1.165) is 87.7 Å². The van der Waals surface area contributed by atoms with Crippen molar-refractivity contribution in [1.29, 1.82) is 0 Å². The summed E-state index contributed by atoms with van der Waals surface area (Å²) in [6.45, 7) is 8.95. The van der Waals surface area contributed by atoms with Gasteiger partial charge < -0.3 is 19.3 Å². The summed E-state index contributed by atoms with van der Waals surface area (Å²) in [4.78, 5) is 18.6. The summed E-state index contributed by atoms with van der Waals surface area (Å²) in [6.07, 6.45) is 13.6. The first kappa shape index (κ1) is 34.8. The second kappa shape index (κ2) is 13.9. The number of allylic oxidation sites excluding steroid dienone is 1. The molecule has 0 unspecified atom stereocenters. The first-order valence-corrected chi connectivity index (χ1v) is 20.3. The molecule has 2 fully saturated rings. The van der Waals surface area contributed by atoms with Crippen LogP contribution in [0.2, 0.25) is 5.02 Å². The first-order chi connectivity index (χ1) is 23.5. The number of sulfonamides is 1. The van der Waals surface area contributed by atoms with Crippen LogP contribution in [0, 0.1) is 17.8 Å². The van der Waals surface area contributed by atoms with Gasteiger partial charge in [-0.15, -0.1) is 0 Å². The number of nitrogens with one attached hydrogen (secondary N) is 1. The van der Waals surface area contributed by atoms with E-state index in [-0.39, 0.29) is 11.3 Å². The lowest BCUT2D eigenvalue weighted by Gasteiger charge is -2.51. The molecule has 266 valence electrons. The molecule has 3 heterocycles. The molecule has 2 aromatic rings. The van der Waals surface area contributed by atoms with Crippen LogP contribution in [0.4, 0.5) is 5.69 Å². The quantitative estimate of drug-likeness (QED) is 0.352. The van der Waals surface area contributed by atoms with Gasteiger partial charge in [-0.25, -0.2) is 13.1 Å². The summed E-state index contributed by atoms with van der Waals surface area (Å²) in [6, 6.07) is 11.7. The van der Waals surface area contributed by atoms with Crippen LogP contribution in [0.3, 0.4) is 0 Å². The molecule has 10 heteroatoms. The van der Waals surface area contributed by atoms with Crippen LogP contribution in [0.25, 0.3) is 0 Å². The minimum Gasteiger partial charge on any atom is -0.490 e. The SMILES string of the molecule is CO[C@@]1(CCN2CCCC2)/C=C/C[C@H](C)[C@@H](C)S(=O)(=O)NC(=O)c2ccc3c(c2)N(C[C@@H]2CC[C@H]21)C[C@@]1(CCCc2cc(Cl)ccc21)CO3. The van der Waals surface area contributed by atoms with Crippen LogP contribution < -0.4 is 14.4 Å². The second-order valence-electron chi connectivity index (χ2n) is 15.5. The van der Waals surface area contributed by atoms with Crippen molar-refractivity contribution in [3.8, 4) is 5.75 Å². The number of likely N-dealkylation sites (tertiary alicyclic amines) is 1. The molecule has 5 aliphatic rings. The van der Waals surface area contributed by atoms with Gasteiger partial charge in [0.25, 0.3) is 5.91 Å². The average Bonchev–Trinajstić information content (AvgIpc) is 3.55. The lowest BCUT2D eigenvalue weighted by atomic mass is 9.63. The van der Waals surface area contributed by atoms with Crippen molar-refractivity contribution in [3.05, 3.63) is 70.3 Å². The Balaban J connectivity index is 1.30. The third-order valence-electron chi connectivity index (χ3n) is 12.6. The van der Waals surface area contributed by atoms with E-state index >= 15 is 0 Å². The zero-order chi connectivity index (χ0) is 34.4. The first-order valence-electron chi connectivity index (χ1n) is 18.3. The number of carbonyl (C=O) groups excluding carboxylic acids is 1. The van der Waals surface area contributed by atoms with E-state index in [1.807, 2.05) is 32.2 Å². The average molecular weight is 710 g/mol. The minimum absolute atomic E-state index is 0.194. The van der Waals surface area contributed by atoms with E-state index in [2.05, 4.69) is 38.8 Å². The van der Waals surface area contributed by atoms with Crippen LogP contribution in [-0.4, -0.2) is 76.5 Å². The summed E-state index contributed by atoms with van der Waals surface area (Å²) in [5.41, 5.74) is 3.04. The number of halogens is 1. The van der Waals surface area contributed by atoms with Crippen molar-refractivity contribution >= 4 is 33.2 Å².